The zero-order valence-corrected chi connectivity index (χ0v) is 10.5. The van der Waals surface area contributed by atoms with E-state index in [1.54, 1.807) is 13.4 Å². The topological polar surface area (TPSA) is 48.4 Å². The second-order valence-electron chi connectivity index (χ2n) is 4.35. The predicted molar refractivity (Wildman–Crippen MR) is 69.9 cm³/mol. The second-order valence-corrected chi connectivity index (χ2v) is 4.35. The van der Waals surface area contributed by atoms with E-state index >= 15 is 0 Å². The molecule has 2 N–H and O–H groups in total. The summed E-state index contributed by atoms with van der Waals surface area (Å²) in [5, 5.41) is 1.17. The molecule has 3 rings (SSSR count). The molecular weight excluding hydrogens is 238 g/mol. The van der Waals surface area contributed by atoms with Crippen LogP contribution in [0.4, 0.5) is 0 Å². The number of hydrogen-bond acceptors (Lipinski definition) is 3. The maximum absolute atomic E-state index is 5.71. The SMILES string of the molecule is COc1ccc2occc2c1[C@@H]1C[C@H]1CN.Cl. The molecule has 1 aromatic heterocycles. The Kier molecular flexibility index (Phi) is 3.31. The number of furan rings is 1. The van der Waals surface area contributed by atoms with Crippen LogP contribution < -0.4 is 10.5 Å². The molecule has 4 heteroatoms. The van der Waals surface area contributed by atoms with Gasteiger partial charge in [0.2, 0.25) is 0 Å². The van der Waals surface area contributed by atoms with Crippen LogP contribution in [0.2, 0.25) is 0 Å². The van der Waals surface area contributed by atoms with Crippen molar-refractivity contribution in [2.24, 2.45) is 11.7 Å². The second kappa shape index (κ2) is 4.59. The molecule has 1 aliphatic rings. The van der Waals surface area contributed by atoms with Gasteiger partial charge in [-0.05, 0) is 43.0 Å². The molecular formula is C13H16ClNO2. The first-order chi connectivity index (χ1) is 7.85. The molecule has 1 aliphatic carbocycles. The third kappa shape index (κ3) is 1.90. The smallest absolute Gasteiger partial charge is 0.134 e. The van der Waals surface area contributed by atoms with Gasteiger partial charge in [0.1, 0.15) is 11.3 Å². The van der Waals surface area contributed by atoms with Crippen molar-refractivity contribution in [1.29, 1.82) is 0 Å². The lowest BCUT2D eigenvalue weighted by atomic mass is 10.0. The number of benzene rings is 1. The van der Waals surface area contributed by atoms with Crippen LogP contribution in [-0.4, -0.2) is 13.7 Å². The van der Waals surface area contributed by atoms with E-state index in [0.717, 1.165) is 24.3 Å². The quantitative estimate of drug-likeness (QED) is 0.915. The lowest BCUT2D eigenvalue weighted by Crippen LogP contribution is -2.02. The van der Waals surface area contributed by atoms with Crippen LogP contribution in [0.15, 0.2) is 28.9 Å². The van der Waals surface area contributed by atoms with E-state index in [2.05, 4.69) is 0 Å². The number of hydrogen-bond donors (Lipinski definition) is 1. The van der Waals surface area contributed by atoms with Crippen LogP contribution in [0.5, 0.6) is 5.75 Å². The maximum atomic E-state index is 5.71. The third-order valence-electron chi connectivity index (χ3n) is 3.45. The highest BCUT2D eigenvalue weighted by Crippen LogP contribution is 2.52. The highest BCUT2D eigenvalue weighted by Gasteiger charge is 2.40. The Labute approximate surface area is 106 Å². The lowest BCUT2D eigenvalue weighted by molar-refractivity contribution is 0.410. The molecule has 0 saturated heterocycles. The molecule has 2 atom stereocenters. The standard InChI is InChI=1S/C13H15NO2.ClH/c1-15-12-3-2-11-9(4-5-16-11)13(12)10-6-8(10)7-14;/h2-5,8,10H,6-7,14H2,1H3;1H/t8-,10+;/m0./s1. The average molecular weight is 254 g/mol. The largest absolute Gasteiger partial charge is 0.496 e. The summed E-state index contributed by atoms with van der Waals surface area (Å²) in [5.74, 6) is 2.10. The minimum absolute atomic E-state index is 0. The van der Waals surface area contributed by atoms with Crippen molar-refractivity contribution < 1.29 is 9.15 Å². The zero-order valence-electron chi connectivity index (χ0n) is 9.68. The Balaban J connectivity index is 0.00000108. The van der Waals surface area contributed by atoms with Gasteiger partial charge in [-0.25, -0.2) is 0 Å². The Hall–Kier alpha value is -1.19. The number of fused-ring (bicyclic) bond motifs is 1. The van der Waals surface area contributed by atoms with E-state index in [9.17, 15) is 0 Å². The summed E-state index contributed by atoms with van der Waals surface area (Å²) in [5.41, 5.74) is 7.91. The van der Waals surface area contributed by atoms with Crippen molar-refractivity contribution in [3.8, 4) is 5.75 Å². The fraction of sp³-hybridized carbons (Fsp3) is 0.385. The van der Waals surface area contributed by atoms with Crippen LogP contribution in [0.3, 0.4) is 0 Å². The zero-order chi connectivity index (χ0) is 11.1. The molecule has 0 amide bonds. The van der Waals surface area contributed by atoms with Gasteiger partial charge in [0, 0.05) is 10.9 Å². The van der Waals surface area contributed by atoms with Crippen molar-refractivity contribution in [2.75, 3.05) is 13.7 Å². The fourth-order valence-corrected chi connectivity index (χ4v) is 2.47. The van der Waals surface area contributed by atoms with E-state index in [4.69, 9.17) is 14.9 Å². The Morgan fingerprint density at radius 2 is 2.24 bits per heavy atom. The summed E-state index contributed by atoms with van der Waals surface area (Å²) in [6.45, 7) is 0.752. The Morgan fingerprint density at radius 3 is 2.88 bits per heavy atom. The molecule has 0 aliphatic heterocycles. The van der Waals surface area contributed by atoms with Gasteiger partial charge in [-0.1, -0.05) is 0 Å². The summed E-state index contributed by atoms with van der Waals surface area (Å²) >= 11 is 0. The van der Waals surface area contributed by atoms with E-state index in [1.165, 1.54) is 10.9 Å². The number of halogens is 1. The van der Waals surface area contributed by atoms with Crippen molar-refractivity contribution >= 4 is 23.4 Å². The molecule has 1 fully saturated rings. The first-order valence-electron chi connectivity index (χ1n) is 5.59. The third-order valence-corrected chi connectivity index (χ3v) is 3.45. The Morgan fingerprint density at radius 1 is 1.41 bits per heavy atom. The summed E-state index contributed by atoms with van der Waals surface area (Å²) in [6.07, 6.45) is 2.89. The highest BCUT2D eigenvalue weighted by atomic mass is 35.5. The molecule has 1 heterocycles. The predicted octanol–water partition coefficient (Wildman–Crippen LogP) is 2.93. The van der Waals surface area contributed by atoms with Crippen molar-refractivity contribution in [1.82, 2.24) is 0 Å². The maximum Gasteiger partial charge on any atom is 0.134 e. The fourth-order valence-electron chi connectivity index (χ4n) is 2.47. The molecule has 92 valence electrons. The van der Waals surface area contributed by atoms with Crippen molar-refractivity contribution in [2.45, 2.75) is 12.3 Å². The minimum Gasteiger partial charge on any atom is -0.496 e. The van der Waals surface area contributed by atoms with Gasteiger partial charge in [-0.15, -0.1) is 12.4 Å². The van der Waals surface area contributed by atoms with E-state index in [0.29, 0.717) is 11.8 Å². The van der Waals surface area contributed by atoms with Crippen LogP contribution in [-0.2, 0) is 0 Å². The number of ether oxygens (including phenoxy) is 1. The molecule has 1 aromatic carbocycles. The van der Waals surface area contributed by atoms with Gasteiger partial charge in [-0.3, -0.25) is 0 Å². The summed E-state index contributed by atoms with van der Waals surface area (Å²) in [4.78, 5) is 0. The van der Waals surface area contributed by atoms with Crippen LogP contribution in [0.1, 0.15) is 17.9 Å². The van der Waals surface area contributed by atoms with Crippen molar-refractivity contribution in [3.63, 3.8) is 0 Å². The van der Waals surface area contributed by atoms with Gasteiger partial charge < -0.3 is 14.9 Å². The molecule has 0 bridgehead atoms. The molecule has 0 spiro atoms. The van der Waals surface area contributed by atoms with E-state index < -0.39 is 0 Å². The minimum atomic E-state index is 0. The van der Waals surface area contributed by atoms with Gasteiger partial charge in [-0.2, -0.15) is 0 Å². The summed E-state index contributed by atoms with van der Waals surface area (Å²) in [6, 6.07) is 5.95. The normalized spacial score (nSPS) is 22.2. The monoisotopic (exact) mass is 253 g/mol. The number of rotatable bonds is 3. The number of methoxy groups -OCH3 is 1. The van der Waals surface area contributed by atoms with Gasteiger partial charge in [0.15, 0.2) is 0 Å². The molecule has 2 aromatic rings. The molecule has 17 heavy (non-hydrogen) atoms. The first-order valence-corrected chi connectivity index (χ1v) is 5.59. The van der Waals surface area contributed by atoms with Crippen LogP contribution >= 0.6 is 12.4 Å². The van der Waals surface area contributed by atoms with Crippen LogP contribution in [0, 0.1) is 5.92 Å². The average Bonchev–Trinajstić information content (AvgIpc) is 2.94. The molecule has 0 radical (unpaired) electrons. The van der Waals surface area contributed by atoms with Gasteiger partial charge in [0.05, 0.1) is 13.4 Å². The summed E-state index contributed by atoms with van der Waals surface area (Å²) in [7, 11) is 1.71. The molecule has 1 saturated carbocycles. The molecule has 3 nitrogen and oxygen atoms in total. The number of nitrogens with two attached hydrogens (primary N) is 1. The van der Waals surface area contributed by atoms with Gasteiger partial charge in [0.25, 0.3) is 0 Å². The van der Waals surface area contributed by atoms with Crippen molar-refractivity contribution in [3.05, 3.63) is 30.0 Å². The van der Waals surface area contributed by atoms with Gasteiger partial charge >= 0.3 is 0 Å². The van der Waals surface area contributed by atoms with Crippen LogP contribution in [0.25, 0.3) is 11.0 Å². The lowest BCUT2D eigenvalue weighted by Gasteiger charge is -2.08. The molecule has 0 unspecified atom stereocenters. The summed E-state index contributed by atoms with van der Waals surface area (Å²) < 4.78 is 10.9. The van der Waals surface area contributed by atoms with E-state index in [1.807, 2.05) is 18.2 Å². The van der Waals surface area contributed by atoms with E-state index in [-0.39, 0.29) is 12.4 Å². The first kappa shape index (κ1) is 12.3. The Bertz CT molecular complexity index is 523. The highest BCUT2D eigenvalue weighted by molar-refractivity contribution is 5.85.